The van der Waals surface area contributed by atoms with E-state index in [1.165, 1.54) is 7.11 Å². The van der Waals surface area contributed by atoms with E-state index in [1.807, 2.05) is 18.2 Å². The van der Waals surface area contributed by atoms with E-state index in [2.05, 4.69) is 10.6 Å². The number of phenolic OH excluding ortho intramolecular Hbond substituents is 1. The van der Waals surface area contributed by atoms with Crippen molar-refractivity contribution in [2.75, 3.05) is 26.8 Å². The SMILES string of the molecule is COc1ccc(CNC(=O)c2ccccc2C2CNCCO2)cc1O. The Kier molecular flexibility index (Phi) is 5.53. The fourth-order valence-electron chi connectivity index (χ4n) is 2.87. The van der Waals surface area contributed by atoms with Gasteiger partial charge in [-0.3, -0.25) is 4.79 Å². The molecule has 2 aromatic carbocycles. The number of carbonyl (C=O) groups excluding carboxylic acids is 1. The van der Waals surface area contributed by atoms with Gasteiger partial charge in [-0.2, -0.15) is 0 Å². The lowest BCUT2D eigenvalue weighted by Crippen LogP contribution is -2.34. The number of hydrogen-bond donors (Lipinski definition) is 3. The van der Waals surface area contributed by atoms with Crippen molar-refractivity contribution in [3.05, 3.63) is 59.2 Å². The van der Waals surface area contributed by atoms with Crippen molar-refractivity contribution in [3.8, 4) is 11.5 Å². The molecule has 6 nitrogen and oxygen atoms in total. The summed E-state index contributed by atoms with van der Waals surface area (Å²) in [6, 6.07) is 12.5. The van der Waals surface area contributed by atoms with Crippen LogP contribution in [0.5, 0.6) is 11.5 Å². The lowest BCUT2D eigenvalue weighted by Gasteiger charge is -2.25. The zero-order valence-corrected chi connectivity index (χ0v) is 14.1. The van der Waals surface area contributed by atoms with E-state index in [0.717, 1.165) is 17.7 Å². The Balaban J connectivity index is 1.70. The van der Waals surface area contributed by atoms with E-state index >= 15 is 0 Å². The summed E-state index contributed by atoms with van der Waals surface area (Å²) in [5.41, 5.74) is 2.28. The maximum atomic E-state index is 12.6. The average molecular weight is 342 g/mol. The molecular formula is C19H22N2O4. The van der Waals surface area contributed by atoms with Crippen LogP contribution >= 0.6 is 0 Å². The first kappa shape index (κ1) is 17.3. The molecule has 2 aromatic rings. The molecule has 0 saturated carbocycles. The van der Waals surface area contributed by atoms with Crippen LogP contribution in [0.15, 0.2) is 42.5 Å². The van der Waals surface area contributed by atoms with Gasteiger partial charge in [0.05, 0.1) is 19.8 Å². The lowest BCUT2D eigenvalue weighted by molar-refractivity contribution is 0.0270. The Morgan fingerprint density at radius 1 is 1.36 bits per heavy atom. The largest absolute Gasteiger partial charge is 0.504 e. The highest BCUT2D eigenvalue weighted by atomic mass is 16.5. The summed E-state index contributed by atoms with van der Waals surface area (Å²) in [6.07, 6.45) is -0.124. The van der Waals surface area contributed by atoms with Crippen molar-refractivity contribution >= 4 is 5.91 Å². The van der Waals surface area contributed by atoms with E-state index in [-0.39, 0.29) is 17.8 Å². The minimum absolute atomic E-state index is 0.0522. The Bertz CT molecular complexity index is 742. The summed E-state index contributed by atoms with van der Waals surface area (Å²) in [5.74, 6) is 0.291. The minimum atomic E-state index is -0.167. The van der Waals surface area contributed by atoms with Crippen molar-refractivity contribution in [2.45, 2.75) is 12.6 Å². The first-order valence-electron chi connectivity index (χ1n) is 8.24. The molecule has 0 radical (unpaired) electrons. The molecule has 1 saturated heterocycles. The van der Waals surface area contributed by atoms with Gasteiger partial charge in [-0.05, 0) is 29.3 Å². The second-order valence-corrected chi connectivity index (χ2v) is 5.84. The zero-order chi connectivity index (χ0) is 17.6. The van der Waals surface area contributed by atoms with Gasteiger partial charge in [-0.15, -0.1) is 0 Å². The quantitative estimate of drug-likeness (QED) is 0.774. The van der Waals surface area contributed by atoms with Crippen molar-refractivity contribution in [1.82, 2.24) is 10.6 Å². The summed E-state index contributed by atoms with van der Waals surface area (Å²) in [5, 5.41) is 16.0. The first-order valence-corrected chi connectivity index (χ1v) is 8.24. The van der Waals surface area contributed by atoms with E-state index in [4.69, 9.17) is 9.47 Å². The monoisotopic (exact) mass is 342 g/mol. The molecule has 1 heterocycles. The van der Waals surface area contributed by atoms with Crippen LogP contribution in [0.25, 0.3) is 0 Å². The Morgan fingerprint density at radius 2 is 2.20 bits per heavy atom. The van der Waals surface area contributed by atoms with E-state index < -0.39 is 0 Å². The van der Waals surface area contributed by atoms with E-state index in [1.54, 1.807) is 24.3 Å². The van der Waals surface area contributed by atoms with Gasteiger partial charge in [0, 0.05) is 25.2 Å². The maximum Gasteiger partial charge on any atom is 0.251 e. The highest BCUT2D eigenvalue weighted by molar-refractivity contribution is 5.95. The smallest absolute Gasteiger partial charge is 0.251 e. The van der Waals surface area contributed by atoms with Gasteiger partial charge in [0.25, 0.3) is 5.91 Å². The summed E-state index contributed by atoms with van der Waals surface area (Å²) in [7, 11) is 1.50. The Morgan fingerprint density at radius 3 is 2.92 bits per heavy atom. The number of morpholine rings is 1. The summed E-state index contributed by atoms with van der Waals surface area (Å²) < 4.78 is 10.8. The molecule has 0 bridgehead atoms. The molecule has 1 fully saturated rings. The highest BCUT2D eigenvalue weighted by Gasteiger charge is 2.21. The van der Waals surface area contributed by atoms with Crippen LogP contribution in [-0.2, 0) is 11.3 Å². The normalized spacial score (nSPS) is 17.1. The van der Waals surface area contributed by atoms with Gasteiger partial charge in [0.15, 0.2) is 11.5 Å². The minimum Gasteiger partial charge on any atom is -0.504 e. The van der Waals surface area contributed by atoms with Crippen LogP contribution in [0.4, 0.5) is 0 Å². The van der Waals surface area contributed by atoms with Gasteiger partial charge in [0.1, 0.15) is 0 Å². The molecule has 1 atom stereocenters. The number of methoxy groups -OCH3 is 1. The third-order valence-electron chi connectivity index (χ3n) is 4.18. The topological polar surface area (TPSA) is 79.8 Å². The summed E-state index contributed by atoms with van der Waals surface area (Å²) in [4.78, 5) is 12.6. The molecule has 6 heteroatoms. The predicted molar refractivity (Wildman–Crippen MR) is 93.8 cm³/mol. The molecule has 25 heavy (non-hydrogen) atoms. The van der Waals surface area contributed by atoms with Crippen LogP contribution < -0.4 is 15.4 Å². The second-order valence-electron chi connectivity index (χ2n) is 5.84. The number of rotatable bonds is 5. The van der Waals surface area contributed by atoms with Crippen LogP contribution in [0.1, 0.15) is 27.6 Å². The fraction of sp³-hybridized carbons (Fsp3) is 0.316. The number of carbonyl (C=O) groups is 1. The van der Waals surface area contributed by atoms with Gasteiger partial charge in [0.2, 0.25) is 0 Å². The fourth-order valence-corrected chi connectivity index (χ4v) is 2.87. The van der Waals surface area contributed by atoms with Crippen LogP contribution in [-0.4, -0.2) is 37.8 Å². The number of benzene rings is 2. The maximum absolute atomic E-state index is 12.6. The van der Waals surface area contributed by atoms with Gasteiger partial charge in [-0.25, -0.2) is 0 Å². The predicted octanol–water partition coefficient (Wildman–Crippen LogP) is 1.99. The molecule has 3 N–H and O–H groups in total. The lowest BCUT2D eigenvalue weighted by atomic mass is 10.0. The molecule has 1 aliphatic rings. The number of aromatic hydroxyl groups is 1. The van der Waals surface area contributed by atoms with Crippen molar-refractivity contribution in [3.63, 3.8) is 0 Å². The Hall–Kier alpha value is -2.57. The zero-order valence-electron chi connectivity index (χ0n) is 14.1. The molecule has 1 amide bonds. The Labute approximate surface area is 146 Å². The molecule has 132 valence electrons. The highest BCUT2D eigenvalue weighted by Crippen LogP contribution is 2.26. The molecule has 0 aromatic heterocycles. The van der Waals surface area contributed by atoms with Gasteiger partial charge < -0.3 is 25.2 Å². The molecule has 1 aliphatic heterocycles. The number of nitrogens with one attached hydrogen (secondary N) is 2. The van der Waals surface area contributed by atoms with Crippen molar-refractivity contribution in [2.24, 2.45) is 0 Å². The average Bonchev–Trinajstić information content (AvgIpc) is 2.67. The molecule has 1 unspecified atom stereocenters. The number of ether oxygens (including phenoxy) is 2. The molecule has 0 aliphatic carbocycles. The third-order valence-corrected chi connectivity index (χ3v) is 4.18. The first-order chi connectivity index (χ1) is 12.2. The van der Waals surface area contributed by atoms with Crippen molar-refractivity contribution in [1.29, 1.82) is 0 Å². The van der Waals surface area contributed by atoms with E-state index in [9.17, 15) is 9.90 Å². The summed E-state index contributed by atoms with van der Waals surface area (Å²) in [6.45, 7) is 2.46. The second kappa shape index (κ2) is 8.00. The number of hydrogen-bond acceptors (Lipinski definition) is 5. The molecule has 0 spiro atoms. The molecular weight excluding hydrogens is 320 g/mol. The van der Waals surface area contributed by atoms with E-state index in [0.29, 0.717) is 31.0 Å². The third kappa shape index (κ3) is 4.10. The van der Waals surface area contributed by atoms with Crippen LogP contribution in [0.2, 0.25) is 0 Å². The van der Waals surface area contributed by atoms with Gasteiger partial charge >= 0.3 is 0 Å². The summed E-state index contributed by atoms with van der Waals surface area (Å²) >= 11 is 0. The van der Waals surface area contributed by atoms with Crippen LogP contribution in [0.3, 0.4) is 0 Å². The molecule has 3 rings (SSSR count). The number of phenols is 1. The number of amides is 1. The van der Waals surface area contributed by atoms with Crippen LogP contribution in [0, 0.1) is 0 Å². The van der Waals surface area contributed by atoms with Gasteiger partial charge in [-0.1, -0.05) is 24.3 Å². The van der Waals surface area contributed by atoms with Crippen molar-refractivity contribution < 1.29 is 19.4 Å². The standard InChI is InChI=1S/C19H22N2O4/c1-24-17-7-6-13(10-16(17)22)11-21-19(23)15-5-3-2-4-14(15)18-12-20-8-9-25-18/h2-7,10,18,20,22H,8-9,11-12H2,1H3,(H,21,23).